The zero-order valence-corrected chi connectivity index (χ0v) is 24.9. The van der Waals surface area contributed by atoms with Crippen LogP contribution < -0.4 is 0 Å². The molecule has 46 heavy (non-hydrogen) atoms. The molecule has 11 aromatic rings. The van der Waals surface area contributed by atoms with Crippen molar-refractivity contribution in [2.45, 2.75) is 0 Å². The highest BCUT2D eigenvalue weighted by atomic mass is 15.0. The van der Waals surface area contributed by atoms with Crippen LogP contribution in [0.5, 0.6) is 0 Å². The zero-order valence-electron chi connectivity index (χ0n) is 24.9. The molecule has 0 aliphatic rings. The van der Waals surface area contributed by atoms with Crippen LogP contribution in [0.15, 0.2) is 158 Å². The summed E-state index contributed by atoms with van der Waals surface area (Å²) in [6.45, 7) is 0. The van der Waals surface area contributed by atoms with Gasteiger partial charge >= 0.3 is 0 Å². The summed E-state index contributed by atoms with van der Waals surface area (Å²) in [7, 11) is 0. The smallest absolute Gasteiger partial charge is 0.0553 e. The molecular formula is C44H26N2. The first-order valence-electron chi connectivity index (χ1n) is 16.0. The zero-order chi connectivity index (χ0) is 29.9. The molecule has 0 atom stereocenters. The van der Waals surface area contributed by atoms with Crippen LogP contribution in [-0.4, -0.2) is 9.13 Å². The number of hydrogen-bond acceptors (Lipinski definition) is 0. The number of fused-ring (bicyclic) bond motifs is 10. The Bertz CT molecular complexity index is 2790. The minimum absolute atomic E-state index is 1.18. The van der Waals surface area contributed by atoms with Crippen molar-refractivity contribution in [3.8, 4) is 11.4 Å². The van der Waals surface area contributed by atoms with Crippen LogP contribution in [0.25, 0.3) is 98.1 Å². The third-order valence-electron chi connectivity index (χ3n) is 10.2. The lowest BCUT2D eigenvalue weighted by Crippen LogP contribution is -1.95. The summed E-state index contributed by atoms with van der Waals surface area (Å²) in [6, 6.07) is 58.1. The standard InChI is InChI=1S/C44H26N2/c1-3-13-27(14-4-1)45-37-23-9-7-17-31(37)43-33-21-11-20-30-36-26-40-44(32-18-8-10-24-38(32)46(40)28-15-5-2-6-16-28)34-22-12-19-29(42(34)36)35(41(30)33)25-39(43)45/h1-26H. The Labute approximate surface area is 264 Å². The van der Waals surface area contributed by atoms with E-state index < -0.39 is 0 Å². The van der Waals surface area contributed by atoms with Gasteiger partial charge in [-0.3, -0.25) is 0 Å². The molecule has 2 heterocycles. The Morgan fingerprint density at radius 2 is 0.609 bits per heavy atom. The first kappa shape index (κ1) is 24.2. The molecule has 2 aromatic heterocycles. The summed E-state index contributed by atoms with van der Waals surface area (Å²) >= 11 is 0. The van der Waals surface area contributed by atoms with Crippen molar-refractivity contribution in [3.05, 3.63) is 158 Å². The molecule has 9 aromatic carbocycles. The summed E-state index contributed by atoms with van der Waals surface area (Å²) in [5.41, 5.74) is 7.32. The molecule has 11 rings (SSSR count). The number of para-hydroxylation sites is 4. The summed E-state index contributed by atoms with van der Waals surface area (Å²) in [5.74, 6) is 0. The number of hydrogen-bond donors (Lipinski definition) is 0. The second kappa shape index (κ2) is 8.74. The fraction of sp³-hybridized carbons (Fsp3) is 0. The van der Waals surface area contributed by atoms with Gasteiger partial charge < -0.3 is 9.13 Å². The summed E-state index contributed by atoms with van der Waals surface area (Å²) in [6.07, 6.45) is 0. The quantitative estimate of drug-likeness (QED) is 0.142. The maximum absolute atomic E-state index is 2.46. The second-order valence-electron chi connectivity index (χ2n) is 12.5. The van der Waals surface area contributed by atoms with Crippen LogP contribution in [-0.2, 0) is 0 Å². The third kappa shape index (κ3) is 2.96. The van der Waals surface area contributed by atoms with Gasteiger partial charge in [-0.15, -0.1) is 0 Å². The minimum Gasteiger partial charge on any atom is -0.309 e. The number of rotatable bonds is 2. The van der Waals surface area contributed by atoms with E-state index in [1.54, 1.807) is 0 Å². The summed E-state index contributed by atoms with van der Waals surface area (Å²) in [4.78, 5) is 0. The van der Waals surface area contributed by atoms with Crippen molar-refractivity contribution in [1.82, 2.24) is 9.13 Å². The third-order valence-corrected chi connectivity index (χ3v) is 10.2. The second-order valence-corrected chi connectivity index (χ2v) is 12.5. The van der Waals surface area contributed by atoms with Crippen molar-refractivity contribution < 1.29 is 0 Å². The van der Waals surface area contributed by atoms with Gasteiger partial charge in [-0.25, -0.2) is 0 Å². The van der Waals surface area contributed by atoms with Crippen LogP contribution in [0.1, 0.15) is 0 Å². The Balaban J connectivity index is 1.41. The molecule has 0 saturated carbocycles. The van der Waals surface area contributed by atoms with Gasteiger partial charge in [-0.05, 0) is 91.6 Å². The molecule has 0 fully saturated rings. The fourth-order valence-electron chi connectivity index (χ4n) is 8.46. The van der Waals surface area contributed by atoms with E-state index in [2.05, 4.69) is 167 Å². The Morgan fingerprint density at radius 1 is 0.239 bits per heavy atom. The molecular weight excluding hydrogens is 556 g/mol. The highest BCUT2D eigenvalue weighted by molar-refractivity contribution is 6.41. The van der Waals surface area contributed by atoms with E-state index in [1.807, 2.05) is 0 Å². The largest absolute Gasteiger partial charge is 0.309 e. The van der Waals surface area contributed by atoms with E-state index in [0.717, 1.165) is 0 Å². The molecule has 2 heteroatoms. The van der Waals surface area contributed by atoms with Gasteiger partial charge in [0.25, 0.3) is 0 Å². The predicted octanol–water partition coefficient (Wildman–Crippen LogP) is 11.9. The lowest BCUT2D eigenvalue weighted by molar-refractivity contribution is 1.18. The molecule has 0 aliphatic carbocycles. The minimum atomic E-state index is 1.18. The molecule has 0 amide bonds. The van der Waals surface area contributed by atoms with Crippen molar-refractivity contribution in [2.24, 2.45) is 0 Å². The van der Waals surface area contributed by atoms with E-state index in [1.165, 1.54) is 98.1 Å². The predicted molar refractivity (Wildman–Crippen MR) is 196 cm³/mol. The molecule has 0 N–H and O–H groups in total. The maximum atomic E-state index is 2.46. The molecule has 0 saturated heterocycles. The SMILES string of the molecule is c1ccc(-n2c3ccccc3c3c4cccc5c6cc7c(c8cccc(c(cc32)c54)c68)c2ccccc2n7-c2ccccc2)cc1. The van der Waals surface area contributed by atoms with Crippen LogP contribution in [0, 0.1) is 0 Å². The molecule has 0 unspecified atom stereocenters. The molecule has 212 valence electrons. The topological polar surface area (TPSA) is 9.86 Å². The van der Waals surface area contributed by atoms with Crippen LogP contribution in [0.3, 0.4) is 0 Å². The van der Waals surface area contributed by atoms with Gasteiger partial charge in [-0.2, -0.15) is 0 Å². The van der Waals surface area contributed by atoms with Crippen molar-refractivity contribution in [1.29, 1.82) is 0 Å². The maximum Gasteiger partial charge on any atom is 0.0553 e. The number of benzene rings is 9. The monoisotopic (exact) mass is 582 g/mol. The van der Waals surface area contributed by atoms with E-state index in [-0.39, 0.29) is 0 Å². The van der Waals surface area contributed by atoms with Gasteiger partial charge in [0.2, 0.25) is 0 Å². The Kier molecular flexibility index (Phi) is 4.61. The van der Waals surface area contributed by atoms with E-state index in [9.17, 15) is 0 Å². The van der Waals surface area contributed by atoms with E-state index in [4.69, 9.17) is 0 Å². The normalized spacial score (nSPS) is 12.3. The molecule has 2 nitrogen and oxygen atoms in total. The molecule has 0 radical (unpaired) electrons. The van der Waals surface area contributed by atoms with Crippen LogP contribution in [0.2, 0.25) is 0 Å². The van der Waals surface area contributed by atoms with Crippen LogP contribution >= 0.6 is 0 Å². The summed E-state index contributed by atoms with van der Waals surface area (Å²) < 4.78 is 4.89. The first-order chi connectivity index (χ1) is 22.9. The highest BCUT2D eigenvalue weighted by Gasteiger charge is 2.22. The summed E-state index contributed by atoms with van der Waals surface area (Å²) in [5, 5.41) is 15.7. The van der Waals surface area contributed by atoms with Gasteiger partial charge in [0.05, 0.1) is 22.1 Å². The van der Waals surface area contributed by atoms with Crippen molar-refractivity contribution in [2.75, 3.05) is 0 Å². The Morgan fingerprint density at radius 3 is 1.07 bits per heavy atom. The van der Waals surface area contributed by atoms with Gasteiger partial charge in [0, 0.05) is 32.9 Å². The molecule has 0 spiro atoms. The van der Waals surface area contributed by atoms with Crippen LogP contribution in [0.4, 0.5) is 0 Å². The van der Waals surface area contributed by atoms with E-state index in [0.29, 0.717) is 0 Å². The van der Waals surface area contributed by atoms with Gasteiger partial charge in [0.15, 0.2) is 0 Å². The van der Waals surface area contributed by atoms with Crippen molar-refractivity contribution >= 4 is 86.7 Å². The van der Waals surface area contributed by atoms with E-state index >= 15 is 0 Å². The van der Waals surface area contributed by atoms with Gasteiger partial charge in [0.1, 0.15) is 0 Å². The average molecular weight is 583 g/mol. The lowest BCUT2D eigenvalue weighted by atomic mass is 9.87. The highest BCUT2D eigenvalue weighted by Crippen LogP contribution is 2.48. The Hall–Kier alpha value is -6.12. The lowest BCUT2D eigenvalue weighted by Gasteiger charge is -2.17. The average Bonchev–Trinajstić information content (AvgIpc) is 3.64. The number of aromatic nitrogens is 2. The van der Waals surface area contributed by atoms with Gasteiger partial charge in [-0.1, -0.05) is 109 Å². The number of nitrogens with zero attached hydrogens (tertiary/aromatic N) is 2. The fourth-order valence-corrected chi connectivity index (χ4v) is 8.46. The molecule has 0 bridgehead atoms. The molecule has 0 aliphatic heterocycles. The van der Waals surface area contributed by atoms with Crippen molar-refractivity contribution in [3.63, 3.8) is 0 Å². The first-order valence-corrected chi connectivity index (χ1v) is 16.0.